The molecule has 20 heavy (non-hydrogen) atoms. The molecule has 0 amide bonds. The fraction of sp³-hybridized carbons (Fsp3) is 0.667. The SMILES string of the molecule is CCOc1cc(C)ccc1NC1CC(C)CC(C)(C)C1. The van der Waals surface area contributed by atoms with Crippen molar-refractivity contribution in [2.24, 2.45) is 11.3 Å². The summed E-state index contributed by atoms with van der Waals surface area (Å²) in [4.78, 5) is 0. The lowest BCUT2D eigenvalue weighted by atomic mass is 9.70. The third-order valence-corrected chi connectivity index (χ3v) is 4.18. The summed E-state index contributed by atoms with van der Waals surface area (Å²) in [5.41, 5.74) is 2.83. The lowest BCUT2D eigenvalue weighted by Crippen LogP contribution is -2.35. The van der Waals surface area contributed by atoms with Gasteiger partial charge >= 0.3 is 0 Å². The zero-order valence-corrected chi connectivity index (χ0v) is 13.6. The predicted octanol–water partition coefficient (Wildman–Crippen LogP) is 5.02. The van der Waals surface area contributed by atoms with Gasteiger partial charge in [0.2, 0.25) is 0 Å². The summed E-state index contributed by atoms with van der Waals surface area (Å²) in [6, 6.07) is 6.99. The Morgan fingerprint density at radius 3 is 2.70 bits per heavy atom. The molecule has 1 aromatic rings. The van der Waals surface area contributed by atoms with E-state index in [1.807, 2.05) is 6.92 Å². The molecule has 0 saturated heterocycles. The Morgan fingerprint density at radius 2 is 2.05 bits per heavy atom. The lowest BCUT2D eigenvalue weighted by molar-refractivity contribution is 0.177. The summed E-state index contributed by atoms with van der Waals surface area (Å²) in [5, 5.41) is 3.72. The van der Waals surface area contributed by atoms with Crippen LogP contribution in [0, 0.1) is 18.3 Å². The summed E-state index contributed by atoms with van der Waals surface area (Å²) in [5.74, 6) is 1.78. The molecule has 0 aromatic heterocycles. The number of anilines is 1. The minimum Gasteiger partial charge on any atom is -0.492 e. The molecule has 0 spiro atoms. The van der Waals surface area contributed by atoms with Crippen LogP contribution in [0.1, 0.15) is 52.5 Å². The van der Waals surface area contributed by atoms with Crippen LogP contribution in [0.25, 0.3) is 0 Å². The molecule has 1 fully saturated rings. The van der Waals surface area contributed by atoms with E-state index in [0.29, 0.717) is 18.1 Å². The molecule has 2 unspecified atom stereocenters. The highest BCUT2D eigenvalue weighted by Crippen LogP contribution is 2.40. The van der Waals surface area contributed by atoms with Gasteiger partial charge in [-0.1, -0.05) is 26.8 Å². The van der Waals surface area contributed by atoms with E-state index < -0.39 is 0 Å². The molecular formula is C18H29NO. The van der Waals surface area contributed by atoms with Gasteiger partial charge in [-0.05, 0) is 62.1 Å². The maximum Gasteiger partial charge on any atom is 0.142 e. The molecule has 2 nitrogen and oxygen atoms in total. The Hall–Kier alpha value is -1.18. The first kappa shape index (κ1) is 15.2. The van der Waals surface area contributed by atoms with E-state index in [9.17, 15) is 0 Å². The highest BCUT2D eigenvalue weighted by molar-refractivity contribution is 5.58. The van der Waals surface area contributed by atoms with Crippen LogP contribution in [-0.4, -0.2) is 12.6 Å². The molecule has 1 aliphatic rings. The normalized spacial score (nSPS) is 25.2. The van der Waals surface area contributed by atoms with Gasteiger partial charge in [0.15, 0.2) is 0 Å². The molecule has 0 aliphatic heterocycles. The highest BCUT2D eigenvalue weighted by Gasteiger charge is 2.32. The van der Waals surface area contributed by atoms with Gasteiger partial charge in [0, 0.05) is 6.04 Å². The number of aryl methyl sites for hydroxylation is 1. The van der Waals surface area contributed by atoms with Gasteiger partial charge in [-0.3, -0.25) is 0 Å². The topological polar surface area (TPSA) is 21.3 Å². The summed E-state index contributed by atoms with van der Waals surface area (Å²) in [7, 11) is 0. The average Bonchev–Trinajstić information content (AvgIpc) is 2.30. The van der Waals surface area contributed by atoms with E-state index in [-0.39, 0.29) is 0 Å². The zero-order chi connectivity index (χ0) is 14.8. The summed E-state index contributed by atoms with van der Waals surface area (Å²) >= 11 is 0. The second-order valence-corrected chi connectivity index (χ2v) is 7.19. The van der Waals surface area contributed by atoms with Crippen LogP contribution in [0.3, 0.4) is 0 Å². The second kappa shape index (κ2) is 6.07. The van der Waals surface area contributed by atoms with E-state index in [1.54, 1.807) is 0 Å². The van der Waals surface area contributed by atoms with Crippen molar-refractivity contribution in [1.29, 1.82) is 0 Å². The predicted molar refractivity (Wildman–Crippen MR) is 86.6 cm³/mol. The molecule has 1 saturated carbocycles. The fourth-order valence-corrected chi connectivity index (χ4v) is 3.70. The first-order valence-corrected chi connectivity index (χ1v) is 7.89. The van der Waals surface area contributed by atoms with Gasteiger partial charge in [0.05, 0.1) is 12.3 Å². The van der Waals surface area contributed by atoms with Crippen molar-refractivity contribution in [3.8, 4) is 5.75 Å². The lowest BCUT2D eigenvalue weighted by Gasteiger charge is -2.39. The number of hydrogen-bond donors (Lipinski definition) is 1. The average molecular weight is 275 g/mol. The van der Waals surface area contributed by atoms with Crippen LogP contribution in [-0.2, 0) is 0 Å². The molecule has 0 bridgehead atoms. The summed E-state index contributed by atoms with van der Waals surface area (Å²) in [6.45, 7) is 12.0. The first-order valence-electron chi connectivity index (χ1n) is 7.89. The van der Waals surface area contributed by atoms with E-state index >= 15 is 0 Å². The molecule has 112 valence electrons. The van der Waals surface area contributed by atoms with Gasteiger partial charge in [-0.2, -0.15) is 0 Å². The van der Waals surface area contributed by atoms with Crippen molar-refractivity contribution in [1.82, 2.24) is 0 Å². The number of hydrogen-bond acceptors (Lipinski definition) is 2. The Bertz CT molecular complexity index is 453. The van der Waals surface area contributed by atoms with E-state index in [1.165, 1.54) is 24.8 Å². The monoisotopic (exact) mass is 275 g/mol. The van der Waals surface area contributed by atoms with Crippen molar-refractivity contribution in [3.63, 3.8) is 0 Å². The largest absolute Gasteiger partial charge is 0.492 e. The minimum absolute atomic E-state index is 0.436. The molecule has 2 rings (SSSR count). The molecule has 2 heteroatoms. The Kier molecular flexibility index (Phi) is 4.62. The van der Waals surface area contributed by atoms with Crippen LogP contribution in [0.5, 0.6) is 5.75 Å². The van der Waals surface area contributed by atoms with Gasteiger partial charge in [0.1, 0.15) is 5.75 Å². The van der Waals surface area contributed by atoms with Gasteiger partial charge in [0.25, 0.3) is 0 Å². The third-order valence-electron chi connectivity index (χ3n) is 4.18. The maximum absolute atomic E-state index is 5.78. The second-order valence-electron chi connectivity index (χ2n) is 7.19. The standard InChI is InChI=1S/C18H29NO/c1-6-20-17-10-13(2)7-8-16(17)19-15-9-14(3)11-18(4,5)12-15/h7-8,10,14-15,19H,6,9,11-12H2,1-5H3. The van der Waals surface area contributed by atoms with Crippen molar-refractivity contribution in [3.05, 3.63) is 23.8 Å². The number of nitrogens with one attached hydrogen (secondary N) is 1. The smallest absolute Gasteiger partial charge is 0.142 e. The summed E-state index contributed by atoms with van der Waals surface area (Å²) < 4.78 is 5.78. The molecular weight excluding hydrogens is 246 g/mol. The minimum atomic E-state index is 0.436. The van der Waals surface area contributed by atoms with Crippen LogP contribution < -0.4 is 10.1 Å². The zero-order valence-electron chi connectivity index (χ0n) is 13.6. The van der Waals surface area contributed by atoms with Gasteiger partial charge in [-0.15, -0.1) is 0 Å². The molecule has 1 N–H and O–H groups in total. The molecule has 1 aliphatic carbocycles. The van der Waals surface area contributed by atoms with Crippen LogP contribution in [0.4, 0.5) is 5.69 Å². The van der Waals surface area contributed by atoms with Crippen LogP contribution in [0.2, 0.25) is 0 Å². The van der Waals surface area contributed by atoms with Crippen molar-refractivity contribution in [2.75, 3.05) is 11.9 Å². The number of ether oxygens (including phenoxy) is 1. The van der Waals surface area contributed by atoms with Gasteiger partial charge < -0.3 is 10.1 Å². The Morgan fingerprint density at radius 1 is 1.30 bits per heavy atom. The first-order chi connectivity index (χ1) is 9.39. The molecule has 1 aromatic carbocycles. The Balaban J connectivity index is 2.13. The molecule has 0 radical (unpaired) electrons. The van der Waals surface area contributed by atoms with Gasteiger partial charge in [-0.25, -0.2) is 0 Å². The summed E-state index contributed by atoms with van der Waals surface area (Å²) in [6.07, 6.45) is 3.82. The number of rotatable bonds is 4. The van der Waals surface area contributed by atoms with E-state index in [2.05, 4.69) is 51.2 Å². The highest BCUT2D eigenvalue weighted by atomic mass is 16.5. The van der Waals surface area contributed by atoms with E-state index in [0.717, 1.165) is 17.4 Å². The molecule has 2 atom stereocenters. The van der Waals surface area contributed by atoms with Crippen LogP contribution in [0.15, 0.2) is 18.2 Å². The fourth-order valence-electron chi connectivity index (χ4n) is 3.70. The van der Waals surface area contributed by atoms with Crippen LogP contribution >= 0.6 is 0 Å². The number of benzene rings is 1. The van der Waals surface area contributed by atoms with E-state index in [4.69, 9.17) is 4.74 Å². The third kappa shape index (κ3) is 3.91. The van der Waals surface area contributed by atoms with Crippen molar-refractivity contribution >= 4 is 5.69 Å². The quantitative estimate of drug-likeness (QED) is 0.833. The van der Waals surface area contributed by atoms with Crippen molar-refractivity contribution in [2.45, 2.75) is 59.9 Å². The maximum atomic E-state index is 5.78. The Labute approximate surface area is 123 Å². The van der Waals surface area contributed by atoms with Crippen molar-refractivity contribution < 1.29 is 4.74 Å². The molecule has 0 heterocycles.